The Morgan fingerprint density at radius 2 is 1.31 bits per heavy atom. The molecule has 76 valence electrons. The van der Waals surface area contributed by atoms with Gasteiger partial charge in [0.1, 0.15) is 21.9 Å². The SMILES string of the molecule is [N-]=[N+]=c1c2ccccc2oc2ccccc12. The van der Waals surface area contributed by atoms with Crippen molar-refractivity contribution in [2.24, 2.45) is 0 Å². The molecule has 0 radical (unpaired) electrons. The standard InChI is InChI=1S/C13H8N2O/c14-15-13-9-5-1-3-7-11(9)16-12-8-4-2-6-10(12)13/h1-8H. The first-order valence-corrected chi connectivity index (χ1v) is 4.99. The molecule has 3 nitrogen and oxygen atoms in total. The van der Waals surface area contributed by atoms with Gasteiger partial charge in [0, 0.05) is 0 Å². The summed E-state index contributed by atoms with van der Waals surface area (Å²) in [5, 5.41) is 2.17. The summed E-state index contributed by atoms with van der Waals surface area (Å²) >= 11 is 0. The zero-order chi connectivity index (χ0) is 11.0. The molecule has 0 unspecified atom stereocenters. The number of rotatable bonds is 0. The molecule has 1 aromatic heterocycles. The number of nitrogens with zero attached hydrogens (tertiary/aromatic N) is 2. The van der Waals surface area contributed by atoms with Crippen LogP contribution in [0.4, 0.5) is 0 Å². The topological polar surface area (TPSA) is 49.5 Å². The average Bonchev–Trinajstić information content (AvgIpc) is 2.36. The maximum absolute atomic E-state index is 9.12. The normalized spacial score (nSPS) is 10.5. The summed E-state index contributed by atoms with van der Waals surface area (Å²) in [6, 6.07) is 15.0. The molecular weight excluding hydrogens is 200 g/mol. The van der Waals surface area contributed by atoms with Crippen molar-refractivity contribution in [3.05, 3.63) is 59.4 Å². The van der Waals surface area contributed by atoms with Crippen LogP contribution in [0.25, 0.3) is 27.5 Å². The van der Waals surface area contributed by atoms with Gasteiger partial charge in [-0.1, -0.05) is 24.3 Å². The lowest BCUT2D eigenvalue weighted by atomic mass is 10.1. The van der Waals surface area contributed by atoms with Crippen molar-refractivity contribution in [3.8, 4) is 0 Å². The van der Waals surface area contributed by atoms with Crippen molar-refractivity contribution in [2.45, 2.75) is 0 Å². The van der Waals surface area contributed by atoms with Crippen LogP contribution < -0.4 is 5.36 Å². The largest absolute Gasteiger partial charge is 0.455 e. The summed E-state index contributed by atoms with van der Waals surface area (Å²) in [5.74, 6) is 0. The van der Waals surface area contributed by atoms with E-state index >= 15 is 0 Å². The first-order valence-electron chi connectivity index (χ1n) is 4.99. The lowest BCUT2D eigenvalue weighted by molar-refractivity contribution is -0.0604. The van der Waals surface area contributed by atoms with E-state index in [2.05, 4.69) is 4.79 Å². The Kier molecular flexibility index (Phi) is 1.85. The van der Waals surface area contributed by atoms with Gasteiger partial charge in [-0.3, -0.25) is 0 Å². The van der Waals surface area contributed by atoms with Crippen molar-refractivity contribution >= 4 is 21.9 Å². The molecule has 0 aliphatic rings. The first-order chi connectivity index (χ1) is 7.90. The first kappa shape index (κ1) is 8.89. The van der Waals surface area contributed by atoms with Crippen LogP contribution in [0.5, 0.6) is 0 Å². The number of para-hydroxylation sites is 2. The van der Waals surface area contributed by atoms with Crippen LogP contribution in [0.1, 0.15) is 0 Å². The van der Waals surface area contributed by atoms with E-state index in [4.69, 9.17) is 9.95 Å². The number of hydrogen-bond acceptors (Lipinski definition) is 1. The van der Waals surface area contributed by atoms with Crippen LogP contribution in [0, 0.1) is 0 Å². The second-order valence-electron chi connectivity index (χ2n) is 3.54. The van der Waals surface area contributed by atoms with Crippen molar-refractivity contribution in [2.75, 3.05) is 0 Å². The predicted octanol–water partition coefficient (Wildman–Crippen LogP) is 2.72. The molecule has 0 fully saturated rings. The third-order valence-electron chi connectivity index (χ3n) is 2.60. The third kappa shape index (κ3) is 1.16. The molecule has 0 amide bonds. The molecule has 0 saturated carbocycles. The van der Waals surface area contributed by atoms with Crippen LogP contribution in [-0.2, 0) is 0 Å². The van der Waals surface area contributed by atoms with Gasteiger partial charge in [-0.15, -0.1) is 0 Å². The van der Waals surface area contributed by atoms with E-state index in [1.165, 1.54) is 0 Å². The Bertz CT molecular complexity index is 710. The van der Waals surface area contributed by atoms with E-state index in [1.807, 2.05) is 48.5 Å². The lowest BCUT2D eigenvalue weighted by Crippen LogP contribution is -2.05. The van der Waals surface area contributed by atoms with Gasteiger partial charge in [0.2, 0.25) is 0 Å². The fraction of sp³-hybridized carbons (Fsp3) is 0. The van der Waals surface area contributed by atoms with Gasteiger partial charge in [-0.2, -0.15) is 4.79 Å². The average molecular weight is 208 g/mol. The van der Waals surface area contributed by atoms with Gasteiger partial charge in [0.25, 0.3) is 0 Å². The lowest BCUT2D eigenvalue weighted by Gasteiger charge is -1.97. The van der Waals surface area contributed by atoms with Gasteiger partial charge in [-0.05, 0) is 24.3 Å². The number of benzene rings is 2. The second-order valence-corrected chi connectivity index (χ2v) is 3.54. The summed E-state index contributed by atoms with van der Waals surface area (Å²) in [6.07, 6.45) is 0. The summed E-state index contributed by atoms with van der Waals surface area (Å²) < 4.78 is 5.72. The third-order valence-corrected chi connectivity index (χ3v) is 2.60. The maximum Gasteiger partial charge on any atom is 0.337 e. The van der Waals surface area contributed by atoms with E-state index in [-0.39, 0.29) is 0 Å². The fourth-order valence-corrected chi connectivity index (χ4v) is 1.87. The second kappa shape index (κ2) is 3.33. The summed E-state index contributed by atoms with van der Waals surface area (Å²) in [6.45, 7) is 0. The van der Waals surface area contributed by atoms with Crippen LogP contribution in [0.3, 0.4) is 0 Å². The van der Waals surface area contributed by atoms with Crippen LogP contribution in [0.2, 0.25) is 0 Å². The van der Waals surface area contributed by atoms with Crippen LogP contribution in [-0.4, -0.2) is 4.79 Å². The molecular formula is C13H8N2O. The van der Waals surface area contributed by atoms with E-state index in [0.717, 1.165) is 10.8 Å². The molecule has 3 heteroatoms. The van der Waals surface area contributed by atoms with Crippen molar-refractivity contribution < 1.29 is 9.21 Å². The predicted molar refractivity (Wildman–Crippen MR) is 60.5 cm³/mol. The number of hydrogen-bond donors (Lipinski definition) is 0. The highest BCUT2D eigenvalue weighted by molar-refractivity contribution is 5.88. The molecule has 0 atom stereocenters. The Morgan fingerprint density at radius 3 is 1.81 bits per heavy atom. The van der Waals surface area contributed by atoms with E-state index in [9.17, 15) is 0 Å². The Morgan fingerprint density at radius 1 is 0.812 bits per heavy atom. The molecule has 0 bridgehead atoms. The van der Waals surface area contributed by atoms with Gasteiger partial charge >= 0.3 is 5.36 Å². The van der Waals surface area contributed by atoms with Crippen molar-refractivity contribution in [3.63, 3.8) is 0 Å². The fourth-order valence-electron chi connectivity index (χ4n) is 1.87. The summed E-state index contributed by atoms with van der Waals surface area (Å²) in [4.78, 5) is 3.37. The van der Waals surface area contributed by atoms with E-state index in [1.54, 1.807) is 0 Å². The highest BCUT2D eigenvalue weighted by Crippen LogP contribution is 2.17. The molecule has 0 aliphatic carbocycles. The Balaban J connectivity index is 2.74. The van der Waals surface area contributed by atoms with Crippen LogP contribution in [0.15, 0.2) is 52.9 Å². The monoisotopic (exact) mass is 208 g/mol. The zero-order valence-electron chi connectivity index (χ0n) is 8.42. The minimum atomic E-state index is 0.553. The Hall–Kier alpha value is -2.38. The van der Waals surface area contributed by atoms with Crippen molar-refractivity contribution in [1.82, 2.24) is 0 Å². The van der Waals surface area contributed by atoms with Crippen LogP contribution >= 0.6 is 0 Å². The van der Waals surface area contributed by atoms with Crippen molar-refractivity contribution in [1.29, 1.82) is 0 Å². The zero-order valence-corrected chi connectivity index (χ0v) is 8.42. The van der Waals surface area contributed by atoms with Gasteiger partial charge < -0.3 is 9.95 Å². The van der Waals surface area contributed by atoms with Gasteiger partial charge in [0.15, 0.2) is 0 Å². The molecule has 16 heavy (non-hydrogen) atoms. The quantitative estimate of drug-likeness (QED) is 0.318. The molecule has 0 saturated heterocycles. The highest BCUT2D eigenvalue weighted by atomic mass is 16.3. The Labute approximate surface area is 91.2 Å². The van der Waals surface area contributed by atoms with Gasteiger partial charge in [-0.25, -0.2) is 0 Å². The molecule has 0 spiro atoms. The van der Waals surface area contributed by atoms with E-state index in [0.29, 0.717) is 16.5 Å². The maximum atomic E-state index is 9.12. The van der Waals surface area contributed by atoms with E-state index < -0.39 is 0 Å². The highest BCUT2D eigenvalue weighted by Gasteiger charge is 2.09. The number of fused-ring (bicyclic) bond motifs is 2. The molecule has 3 aromatic rings. The summed E-state index contributed by atoms with van der Waals surface area (Å²) in [7, 11) is 0. The van der Waals surface area contributed by atoms with Gasteiger partial charge in [0.05, 0.1) is 0 Å². The molecule has 2 aromatic carbocycles. The smallest absolute Gasteiger partial charge is 0.337 e. The molecule has 1 heterocycles. The molecule has 3 rings (SSSR count). The molecule has 0 N–H and O–H groups in total. The minimum Gasteiger partial charge on any atom is -0.455 e. The summed E-state index contributed by atoms with van der Waals surface area (Å²) in [5.41, 5.74) is 10.6. The minimum absolute atomic E-state index is 0.553. The molecule has 0 aliphatic heterocycles.